The van der Waals surface area contributed by atoms with Crippen molar-refractivity contribution in [3.05, 3.63) is 86.9 Å². The lowest BCUT2D eigenvalue weighted by molar-refractivity contribution is 0.00967. The largest absolute Gasteiger partial charge is 0.462 e. The molecule has 4 heterocycles. The van der Waals surface area contributed by atoms with E-state index in [0.29, 0.717) is 36.9 Å². The highest BCUT2D eigenvalue weighted by Crippen LogP contribution is 2.35. The van der Waals surface area contributed by atoms with Crippen LogP contribution in [-0.4, -0.2) is 58.7 Å². The van der Waals surface area contributed by atoms with E-state index in [1.54, 1.807) is 13.8 Å². The van der Waals surface area contributed by atoms with E-state index in [4.69, 9.17) is 21.1 Å². The summed E-state index contributed by atoms with van der Waals surface area (Å²) in [6.07, 6.45) is 1.40. The number of ether oxygens (including phenoxy) is 2. The second kappa shape index (κ2) is 13.3. The Kier molecular flexibility index (Phi) is 9.35. The zero-order chi connectivity index (χ0) is 30.5. The zero-order valence-corrected chi connectivity index (χ0v) is 25.0. The van der Waals surface area contributed by atoms with Crippen LogP contribution in [0.1, 0.15) is 50.3 Å². The lowest BCUT2D eigenvalue weighted by atomic mass is 10.0. The fourth-order valence-corrected chi connectivity index (χ4v) is 6.00. The maximum absolute atomic E-state index is 14.7. The number of thiazole rings is 1. The average molecular weight is 623 g/mol. The van der Waals surface area contributed by atoms with Crippen LogP contribution < -0.4 is 10.2 Å². The van der Waals surface area contributed by atoms with Crippen LogP contribution in [0.4, 0.5) is 9.52 Å². The van der Waals surface area contributed by atoms with E-state index in [1.807, 2.05) is 41.3 Å². The van der Waals surface area contributed by atoms with Gasteiger partial charge >= 0.3 is 5.97 Å². The van der Waals surface area contributed by atoms with Gasteiger partial charge in [0.25, 0.3) is 5.91 Å². The maximum Gasteiger partial charge on any atom is 0.350 e. The number of H-pyrrole nitrogens is 1. The number of esters is 1. The first-order valence-electron chi connectivity index (χ1n) is 13.6. The number of aromatic nitrogens is 3. The predicted molar refractivity (Wildman–Crippen MR) is 160 cm³/mol. The van der Waals surface area contributed by atoms with Crippen molar-refractivity contribution in [2.24, 2.45) is 0 Å². The molecular weight excluding hydrogens is 595 g/mol. The van der Waals surface area contributed by atoms with Crippen molar-refractivity contribution in [1.82, 2.24) is 20.3 Å². The third-order valence-corrected chi connectivity index (χ3v) is 8.53. The van der Waals surface area contributed by atoms with Gasteiger partial charge in [-0.3, -0.25) is 9.78 Å². The number of halogens is 2. The van der Waals surface area contributed by atoms with Crippen molar-refractivity contribution in [1.29, 1.82) is 5.26 Å². The van der Waals surface area contributed by atoms with Gasteiger partial charge in [-0.25, -0.2) is 14.2 Å². The molecule has 1 fully saturated rings. The molecule has 0 aliphatic carbocycles. The molecule has 4 aromatic rings. The molecule has 1 amide bonds. The van der Waals surface area contributed by atoms with E-state index in [1.165, 1.54) is 18.3 Å². The molecule has 222 valence electrons. The normalized spacial score (nSPS) is 16.5. The Morgan fingerprint density at radius 3 is 2.77 bits per heavy atom. The second-order valence-corrected chi connectivity index (χ2v) is 11.2. The Labute approximate surface area is 256 Å². The van der Waals surface area contributed by atoms with E-state index < -0.39 is 29.8 Å². The molecular formula is C30H28ClFN6O4S. The van der Waals surface area contributed by atoms with Crippen LogP contribution in [0, 0.1) is 24.1 Å². The van der Waals surface area contributed by atoms with Crippen LogP contribution >= 0.6 is 22.9 Å². The molecule has 43 heavy (non-hydrogen) atoms. The van der Waals surface area contributed by atoms with Crippen LogP contribution in [0.5, 0.6) is 0 Å². The molecule has 0 unspecified atom stereocenters. The Morgan fingerprint density at radius 2 is 2.05 bits per heavy atom. The number of benzene rings is 1. The number of nitrogens with one attached hydrogen (secondary N) is 2. The van der Waals surface area contributed by atoms with Crippen molar-refractivity contribution in [2.45, 2.75) is 39.0 Å². The van der Waals surface area contributed by atoms with Gasteiger partial charge in [-0.05, 0) is 38.0 Å². The Bertz CT molecular complexity index is 1670. The van der Waals surface area contributed by atoms with E-state index >= 15 is 0 Å². The molecule has 1 aromatic carbocycles. The number of anilines is 1. The number of aromatic amines is 1. The van der Waals surface area contributed by atoms with Crippen LogP contribution in [-0.2, 0) is 16.1 Å². The number of hydrogen-bond acceptors (Lipinski definition) is 9. The number of aryl methyl sites for hydroxylation is 1. The van der Waals surface area contributed by atoms with Crippen molar-refractivity contribution in [3.8, 4) is 17.5 Å². The number of rotatable bonds is 9. The second-order valence-electron chi connectivity index (χ2n) is 9.80. The minimum absolute atomic E-state index is 0.0414. The highest BCUT2D eigenvalue weighted by Gasteiger charge is 2.35. The first kappa shape index (κ1) is 30.2. The summed E-state index contributed by atoms with van der Waals surface area (Å²) in [4.78, 5) is 39.8. The molecule has 1 aliphatic heterocycles. The zero-order valence-electron chi connectivity index (χ0n) is 23.4. The molecule has 0 saturated carbocycles. The SMILES string of the molecule is CCOC(=O)c1sc(N2CC[C@@H](NC(=O)c3[nH]c(C)c(Cl)c3C#N)[C@@H](OCc3ccccc3)C2)nc1-c1ncccc1F. The van der Waals surface area contributed by atoms with E-state index in [9.17, 15) is 19.2 Å². The van der Waals surface area contributed by atoms with Crippen LogP contribution in [0.15, 0.2) is 48.7 Å². The van der Waals surface area contributed by atoms with Gasteiger partial charge in [-0.15, -0.1) is 0 Å². The number of nitriles is 1. The van der Waals surface area contributed by atoms with Crippen molar-refractivity contribution in [3.63, 3.8) is 0 Å². The van der Waals surface area contributed by atoms with Gasteiger partial charge in [-0.1, -0.05) is 53.3 Å². The Morgan fingerprint density at radius 1 is 1.26 bits per heavy atom. The number of carbonyl (C=O) groups excluding carboxylic acids is 2. The summed E-state index contributed by atoms with van der Waals surface area (Å²) in [5, 5.41) is 13.2. The minimum atomic E-state index is -0.612. The summed E-state index contributed by atoms with van der Waals surface area (Å²) in [5.41, 5.74) is 1.72. The first-order chi connectivity index (χ1) is 20.8. The summed E-state index contributed by atoms with van der Waals surface area (Å²) >= 11 is 7.30. The lowest BCUT2D eigenvalue weighted by Crippen LogP contribution is -2.55. The van der Waals surface area contributed by atoms with Gasteiger partial charge in [0, 0.05) is 25.0 Å². The molecule has 10 nitrogen and oxygen atoms in total. The molecule has 1 aliphatic rings. The number of pyridine rings is 1. The summed E-state index contributed by atoms with van der Waals surface area (Å²) in [7, 11) is 0. The van der Waals surface area contributed by atoms with E-state index in [0.717, 1.165) is 16.9 Å². The third-order valence-electron chi connectivity index (χ3n) is 6.96. The Balaban J connectivity index is 1.42. The molecule has 0 bridgehead atoms. The quantitative estimate of drug-likeness (QED) is 0.241. The highest BCUT2D eigenvalue weighted by molar-refractivity contribution is 7.17. The number of nitrogens with zero attached hydrogens (tertiary/aromatic N) is 4. The number of amides is 1. The number of piperidine rings is 1. The van der Waals surface area contributed by atoms with Crippen LogP contribution in [0.3, 0.4) is 0 Å². The van der Waals surface area contributed by atoms with Crippen LogP contribution in [0.25, 0.3) is 11.4 Å². The fourth-order valence-electron chi connectivity index (χ4n) is 4.82. The smallest absolute Gasteiger partial charge is 0.350 e. The average Bonchev–Trinajstić information content (AvgIpc) is 3.58. The molecule has 1 saturated heterocycles. The molecule has 0 radical (unpaired) electrons. The van der Waals surface area contributed by atoms with Crippen molar-refractivity contribution in [2.75, 3.05) is 24.6 Å². The predicted octanol–water partition coefficient (Wildman–Crippen LogP) is 5.28. The third kappa shape index (κ3) is 6.54. The summed E-state index contributed by atoms with van der Waals surface area (Å²) in [5.74, 6) is -1.68. The van der Waals surface area contributed by atoms with E-state index in [-0.39, 0.29) is 39.2 Å². The summed E-state index contributed by atoms with van der Waals surface area (Å²) in [6, 6.07) is 13.9. The van der Waals surface area contributed by atoms with Gasteiger partial charge in [0.05, 0.1) is 30.4 Å². The first-order valence-corrected chi connectivity index (χ1v) is 14.8. The molecule has 13 heteroatoms. The van der Waals surface area contributed by atoms with Gasteiger partial charge in [0.1, 0.15) is 33.6 Å². The number of hydrogen-bond donors (Lipinski definition) is 2. The van der Waals surface area contributed by atoms with Crippen molar-refractivity contribution < 1.29 is 23.5 Å². The molecule has 5 rings (SSSR count). The topological polar surface area (TPSA) is 133 Å². The standard InChI is InChI=1S/C30H28ClFN6O4S/c1-3-41-29(40)27-26(25-20(32)10-7-12-34-25)37-30(43-27)38-13-11-21(22(15-38)42-16-18-8-5-4-6-9-18)36-28(39)24-19(14-33)23(31)17(2)35-24/h4-10,12,21-22,35H,3,11,13,15-16H2,1-2H3,(H,36,39)/t21-,22+/m1/s1. The molecule has 0 spiro atoms. The highest BCUT2D eigenvalue weighted by atomic mass is 35.5. The maximum atomic E-state index is 14.7. The fraction of sp³-hybridized carbons (Fsp3) is 0.300. The summed E-state index contributed by atoms with van der Waals surface area (Å²) < 4.78 is 26.3. The van der Waals surface area contributed by atoms with Gasteiger partial charge in [0.15, 0.2) is 10.9 Å². The number of carbonyl (C=O) groups is 2. The van der Waals surface area contributed by atoms with Gasteiger partial charge in [-0.2, -0.15) is 5.26 Å². The molecule has 2 N–H and O–H groups in total. The summed E-state index contributed by atoms with van der Waals surface area (Å²) in [6.45, 7) is 4.58. The molecule has 3 aromatic heterocycles. The van der Waals surface area contributed by atoms with Crippen LogP contribution in [0.2, 0.25) is 5.02 Å². The molecule has 2 atom stereocenters. The van der Waals surface area contributed by atoms with Gasteiger partial charge in [0.2, 0.25) is 0 Å². The van der Waals surface area contributed by atoms with E-state index in [2.05, 4.69) is 20.3 Å². The minimum Gasteiger partial charge on any atom is -0.462 e. The monoisotopic (exact) mass is 622 g/mol. The Hall–Kier alpha value is -4.31. The lowest BCUT2D eigenvalue weighted by Gasteiger charge is -2.38. The van der Waals surface area contributed by atoms with Crippen molar-refractivity contribution >= 4 is 39.9 Å². The van der Waals surface area contributed by atoms with Gasteiger partial charge < -0.3 is 24.7 Å².